The molecule has 4 rings (SSSR count). The highest BCUT2D eigenvalue weighted by molar-refractivity contribution is 6.33. The number of carbonyl (C=O) groups is 2. The first kappa shape index (κ1) is 24.0. The van der Waals surface area contributed by atoms with Gasteiger partial charge in [-0.2, -0.15) is 23.0 Å². The van der Waals surface area contributed by atoms with E-state index in [0.29, 0.717) is 26.2 Å². The van der Waals surface area contributed by atoms with Crippen LogP contribution in [0.15, 0.2) is 24.4 Å². The van der Waals surface area contributed by atoms with E-state index in [9.17, 15) is 22.8 Å². The normalized spacial score (nSPS) is 20.4. The Balaban J connectivity index is 1.42. The molecule has 0 saturated carbocycles. The lowest BCUT2D eigenvalue weighted by molar-refractivity contribution is -0.138. The van der Waals surface area contributed by atoms with Crippen LogP contribution in [0.25, 0.3) is 0 Å². The quantitative estimate of drug-likeness (QED) is 0.218. The van der Waals surface area contributed by atoms with E-state index in [-0.39, 0.29) is 40.4 Å². The summed E-state index contributed by atoms with van der Waals surface area (Å²) in [4.78, 5) is 27.3. The summed E-state index contributed by atoms with van der Waals surface area (Å²) in [6.07, 6.45) is -3.44. The Kier molecular flexibility index (Phi) is 6.27. The van der Waals surface area contributed by atoms with Crippen LogP contribution < -0.4 is 11.3 Å². The number of amidine groups is 1. The Morgan fingerprint density at radius 2 is 1.88 bits per heavy atom. The molecular weight excluding hydrogens is 479 g/mol. The van der Waals surface area contributed by atoms with Crippen LogP contribution in [0.1, 0.15) is 27.2 Å². The zero-order valence-corrected chi connectivity index (χ0v) is 18.4. The zero-order chi connectivity index (χ0) is 24.8. The number of hydrogen-bond acceptors (Lipinski definition) is 6. The van der Waals surface area contributed by atoms with Gasteiger partial charge >= 0.3 is 18.2 Å². The average Bonchev–Trinajstić information content (AvgIpc) is 3.45. The minimum atomic E-state index is -4.58. The van der Waals surface area contributed by atoms with E-state index in [0.717, 1.165) is 16.9 Å². The summed E-state index contributed by atoms with van der Waals surface area (Å²) in [5.41, 5.74) is 0.953. The second-order valence-corrected chi connectivity index (χ2v) is 8.77. The number of aromatic carboxylic acids is 1. The van der Waals surface area contributed by atoms with Crippen LogP contribution in [0.4, 0.5) is 18.0 Å². The number of carboxylic acids is 1. The van der Waals surface area contributed by atoms with Gasteiger partial charge in [0, 0.05) is 38.3 Å². The summed E-state index contributed by atoms with van der Waals surface area (Å²) >= 11 is 5.82. The van der Waals surface area contributed by atoms with E-state index in [2.05, 4.69) is 5.10 Å². The van der Waals surface area contributed by atoms with Crippen LogP contribution in [0, 0.1) is 17.2 Å². The number of benzene rings is 1. The number of hydrazine groups is 1. The number of halogens is 4. The smallest absolute Gasteiger partial charge is 0.416 e. The number of rotatable bonds is 4. The molecule has 2 atom stereocenters. The van der Waals surface area contributed by atoms with Crippen LogP contribution in [-0.2, 0) is 12.7 Å². The van der Waals surface area contributed by atoms with Gasteiger partial charge in [0.25, 0.3) is 0 Å². The number of nitrogens with two attached hydrogens (primary N) is 1. The van der Waals surface area contributed by atoms with Crippen molar-refractivity contribution >= 4 is 29.4 Å². The molecule has 1 amide bonds. The van der Waals surface area contributed by atoms with Gasteiger partial charge in [0.1, 0.15) is 5.84 Å². The third-order valence-corrected chi connectivity index (χ3v) is 6.42. The molecular formula is C20H21ClF3N7O3. The molecule has 0 bridgehead atoms. The highest BCUT2D eigenvalue weighted by Crippen LogP contribution is 2.36. The highest BCUT2D eigenvalue weighted by atomic mass is 35.5. The predicted octanol–water partition coefficient (Wildman–Crippen LogP) is 2.07. The van der Waals surface area contributed by atoms with Crippen molar-refractivity contribution in [3.8, 4) is 0 Å². The molecule has 2 aliphatic rings. The molecule has 1 aromatic carbocycles. The number of carbonyl (C=O) groups excluding carboxylic acids is 1. The first-order chi connectivity index (χ1) is 16.0. The zero-order valence-electron chi connectivity index (χ0n) is 17.6. The van der Waals surface area contributed by atoms with Gasteiger partial charge in [-0.15, -0.1) is 0 Å². The summed E-state index contributed by atoms with van der Waals surface area (Å²) in [6, 6.07) is 3.19. The number of fused-ring (bicyclic) bond motifs is 1. The Labute approximate surface area is 196 Å². The third kappa shape index (κ3) is 4.58. The van der Waals surface area contributed by atoms with Crippen molar-refractivity contribution in [2.45, 2.75) is 12.7 Å². The van der Waals surface area contributed by atoms with Gasteiger partial charge < -0.3 is 15.4 Å². The summed E-state index contributed by atoms with van der Waals surface area (Å²) in [5.74, 6) is 3.63. The van der Waals surface area contributed by atoms with E-state index in [1.54, 1.807) is 4.90 Å². The Bertz CT molecular complexity index is 1140. The fourth-order valence-electron chi connectivity index (χ4n) is 4.57. The molecule has 10 nitrogen and oxygen atoms in total. The van der Waals surface area contributed by atoms with Crippen LogP contribution in [0.2, 0.25) is 5.02 Å². The second-order valence-electron chi connectivity index (χ2n) is 8.37. The standard InChI is InChI=1S/C20H21ClF3N7O3/c21-15-9-31(28-16(15)18(32)33)19(34)30-7-12-5-29(6-13(12)8-30)4-11-2-1-10(17(25)27-26)3-14(11)20(22,23)24/h1-3,9,12-13H,4-8,26H2,(H2,25,27)(H,32,33). The lowest BCUT2D eigenvalue weighted by Crippen LogP contribution is -2.36. The molecule has 2 fully saturated rings. The van der Waals surface area contributed by atoms with Crippen molar-refractivity contribution in [1.82, 2.24) is 25.0 Å². The van der Waals surface area contributed by atoms with Crippen molar-refractivity contribution in [3.05, 3.63) is 51.8 Å². The number of carboxylic acid groups (broad SMARTS) is 1. The first-order valence-electron chi connectivity index (χ1n) is 10.2. The fourth-order valence-corrected chi connectivity index (χ4v) is 4.79. The summed E-state index contributed by atoms with van der Waals surface area (Å²) in [5, 5.41) is 20.3. The Morgan fingerprint density at radius 1 is 1.24 bits per heavy atom. The van der Waals surface area contributed by atoms with Crippen LogP contribution in [0.5, 0.6) is 0 Å². The average molecular weight is 500 g/mol. The second kappa shape index (κ2) is 8.89. The molecule has 2 saturated heterocycles. The van der Waals surface area contributed by atoms with Crippen LogP contribution in [-0.4, -0.2) is 68.7 Å². The van der Waals surface area contributed by atoms with Crippen molar-refractivity contribution in [2.24, 2.45) is 17.7 Å². The first-order valence-corrected chi connectivity index (χ1v) is 10.6. The van der Waals surface area contributed by atoms with Crippen molar-refractivity contribution < 1.29 is 27.9 Å². The minimum absolute atomic E-state index is 0.0378. The third-order valence-electron chi connectivity index (χ3n) is 6.14. The number of amides is 1. The largest absolute Gasteiger partial charge is 0.476 e. The molecule has 1 aromatic heterocycles. The monoisotopic (exact) mass is 499 g/mol. The number of hydrogen-bond donors (Lipinski definition) is 4. The Morgan fingerprint density at radius 3 is 2.41 bits per heavy atom. The molecule has 2 aliphatic heterocycles. The van der Waals surface area contributed by atoms with E-state index in [4.69, 9.17) is 28.0 Å². The maximum Gasteiger partial charge on any atom is 0.416 e. The maximum atomic E-state index is 13.6. The summed E-state index contributed by atoms with van der Waals surface area (Å²) in [7, 11) is 0. The van der Waals surface area contributed by atoms with Crippen molar-refractivity contribution in [3.63, 3.8) is 0 Å². The number of nitrogens with one attached hydrogen (secondary N) is 2. The van der Waals surface area contributed by atoms with Gasteiger partial charge in [-0.1, -0.05) is 23.7 Å². The SMILES string of the molecule is N=C(NN)c1ccc(CN2CC3CN(C(=O)n4cc(Cl)c(C(=O)O)n4)CC3C2)c(C(F)(F)F)c1. The van der Waals surface area contributed by atoms with E-state index < -0.39 is 29.4 Å². The highest BCUT2D eigenvalue weighted by Gasteiger charge is 2.43. The summed E-state index contributed by atoms with van der Waals surface area (Å²) in [6.45, 7) is 1.85. The molecule has 2 unspecified atom stereocenters. The summed E-state index contributed by atoms with van der Waals surface area (Å²) < 4.78 is 41.8. The topological polar surface area (TPSA) is 141 Å². The van der Waals surface area contributed by atoms with Gasteiger partial charge in [0.05, 0.1) is 16.8 Å². The molecule has 34 heavy (non-hydrogen) atoms. The van der Waals surface area contributed by atoms with Gasteiger partial charge in [-0.05, 0) is 23.5 Å². The van der Waals surface area contributed by atoms with Crippen molar-refractivity contribution in [2.75, 3.05) is 26.2 Å². The molecule has 182 valence electrons. The Hall–Kier alpha value is -3.16. The molecule has 0 spiro atoms. The molecule has 14 heteroatoms. The minimum Gasteiger partial charge on any atom is -0.476 e. The number of aromatic nitrogens is 2. The van der Waals surface area contributed by atoms with Gasteiger partial charge in [0.2, 0.25) is 0 Å². The number of likely N-dealkylation sites (tertiary alicyclic amines) is 2. The number of alkyl halides is 3. The maximum absolute atomic E-state index is 13.6. The van der Waals surface area contributed by atoms with E-state index in [1.807, 2.05) is 10.3 Å². The van der Waals surface area contributed by atoms with Crippen LogP contribution >= 0.6 is 11.6 Å². The van der Waals surface area contributed by atoms with Gasteiger partial charge in [0.15, 0.2) is 5.69 Å². The lowest BCUT2D eigenvalue weighted by atomic mass is 10.0. The molecule has 2 aromatic rings. The van der Waals surface area contributed by atoms with E-state index >= 15 is 0 Å². The number of nitrogens with zero attached hydrogens (tertiary/aromatic N) is 4. The van der Waals surface area contributed by atoms with E-state index in [1.165, 1.54) is 12.1 Å². The van der Waals surface area contributed by atoms with Gasteiger partial charge in [-0.25, -0.2) is 15.4 Å². The molecule has 5 N–H and O–H groups in total. The lowest BCUT2D eigenvalue weighted by Gasteiger charge is -2.23. The van der Waals surface area contributed by atoms with Gasteiger partial charge in [-0.3, -0.25) is 10.3 Å². The van der Waals surface area contributed by atoms with Crippen molar-refractivity contribution in [1.29, 1.82) is 5.41 Å². The fraction of sp³-hybridized carbons (Fsp3) is 0.400. The predicted molar refractivity (Wildman–Crippen MR) is 114 cm³/mol. The van der Waals surface area contributed by atoms with Crippen LogP contribution in [0.3, 0.4) is 0 Å². The molecule has 0 aliphatic carbocycles. The molecule has 3 heterocycles. The molecule has 0 radical (unpaired) electrons.